The number of amides is 1. The molecule has 0 radical (unpaired) electrons. The maximum Gasteiger partial charge on any atom is 0.255 e. The van der Waals surface area contributed by atoms with Crippen LogP contribution < -0.4 is 15.8 Å². The standard InChI is InChI=1S/C14H17N3O2S/c1-3-19-13-11(5-4-6-12(13)15)14(18)17-8-10-7-16-9(2)20-10/h4-7H,3,8,15H2,1-2H3,(H,17,18). The van der Waals surface area contributed by atoms with Crippen molar-refractivity contribution >= 4 is 22.9 Å². The summed E-state index contributed by atoms with van der Waals surface area (Å²) in [6.07, 6.45) is 1.77. The lowest BCUT2D eigenvalue weighted by Crippen LogP contribution is -2.23. The Kier molecular flexibility index (Phi) is 4.57. The van der Waals surface area contributed by atoms with Crippen LogP contribution in [-0.2, 0) is 6.54 Å². The van der Waals surface area contributed by atoms with Crippen molar-refractivity contribution in [2.45, 2.75) is 20.4 Å². The summed E-state index contributed by atoms with van der Waals surface area (Å²) in [6, 6.07) is 5.16. The number of carbonyl (C=O) groups is 1. The number of anilines is 1. The number of ether oxygens (including phenoxy) is 1. The van der Waals surface area contributed by atoms with E-state index in [0.29, 0.717) is 30.2 Å². The van der Waals surface area contributed by atoms with Crippen molar-refractivity contribution in [2.75, 3.05) is 12.3 Å². The molecule has 2 rings (SSSR count). The van der Waals surface area contributed by atoms with Gasteiger partial charge in [0.25, 0.3) is 5.91 Å². The van der Waals surface area contributed by atoms with Gasteiger partial charge in [-0.1, -0.05) is 6.07 Å². The zero-order valence-corrected chi connectivity index (χ0v) is 12.3. The van der Waals surface area contributed by atoms with Crippen molar-refractivity contribution in [3.8, 4) is 5.75 Å². The van der Waals surface area contributed by atoms with E-state index >= 15 is 0 Å². The second-order valence-corrected chi connectivity index (χ2v) is 5.50. The molecule has 1 heterocycles. The van der Waals surface area contributed by atoms with Gasteiger partial charge in [0.2, 0.25) is 0 Å². The van der Waals surface area contributed by atoms with Crippen LogP contribution >= 0.6 is 11.3 Å². The fraction of sp³-hybridized carbons (Fsp3) is 0.286. The van der Waals surface area contributed by atoms with Crippen LogP contribution in [0.2, 0.25) is 0 Å². The third-order valence-corrected chi connectivity index (χ3v) is 3.58. The number of benzene rings is 1. The second kappa shape index (κ2) is 6.38. The van der Waals surface area contributed by atoms with E-state index in [9.17, 15) is 4.79 Å². The molecule has 1 aromatic heterocycles. The Morgan fingerprint density at radius 3 is 2.95 bits per heavy atom. The van der Waals surface area contributed by atoms with Crippen molar-refractivity contribution in [1.82, 2.24) is 10.3 Å². The fourth-order valence-electron chi connectivity index (χ4n) is 1.79. The Labute approximate surface area is 121 Å². The number of nitrogen functional groups attached to an aromatic ring is 1. The molecule has 0 aliphatic rings. The van der Waals surface area contributed by atoms with E-state index in [1.165, 1.54) is 0 Å². The number of nitrogens with two attached hydrogens (primary N) is 1. The third kappa shape index (κ3) is 3.27. The van der Waals surface area contributed by atoms with Gasteiger partial charge in [-0.05, 0) is 26.0 Å². The van der Waals surface area contributed by atoms with E-state index in [4.69, 9.17) is 10.5 Å². The van der Waals surface area contributed by atoms with Crippen molar-refractivity contribution in [3.63, 3.8) is 0 Å². The smallest absolute Gasteiger partial charge is 0.255 e. The number of aryl methyl sites for hydroxylation is 1. The number of hydrogen-bond donors (Lipinski definition) is 2. The highest BCUT2D eigenvalue weighted by Gasteiger charge is 2.14. The lowest BCUT2D eigenvalue weighted by molar-refractivity contribution is 0.0947. The zero-order valence-electron chi connectivity index (χ0n) is 11.5. The summed E-state index contributed by atoms with van der Waals surface area (Å²) in [4.78, 5) is 17.4. The summed E-state index contributed by atoms with van der Waals surface area (Å²) in [5, 5.41) is 3.83. The van der Waals surface area contributed by atoms with Crippen LogP contribution in [0.25, 0.3) is 0 Å². The van der Waals surface area contributed by atoms with Gasteiger partial charge >= 0.3 is 0 Å². The largest absolute Gasteiger partial charge is 0.491 e. The highest BCUT2D eigenvalue weighted by atomic mass is 32.1. The van der Waals surface area contributed by atoms with Crippen LogP contribution in [0.4, 0.5) is 5.69 Å². The first-order valence-electron chi connectivity index (χ1n) is 6.32. The van der Waals surface area contributed by atoms with E-state index in [1.807, 2.05) is 13.8 Å². The molecule has 0 unspecified atom stereocenters. The van der Waals surface area contributed by atoms with Crippen LogP contribution in [0.3, 0.4) is 0 Å². The molecule has 20 heavy (non-hydrogen) atoms. The molecule has 0 aliphatic heterocycles. The molecular formula is C14H17N3O2S. The molecule has 0 spiro atoms. The number of rotatable bonds is 5. The highest BCUT2D eigenvalue weighted by Crippen LogP contribution is 2.26. The number of nitrogens with zero attached hydrogens (tertiary/aromatic N) is 1. The van der Waals surface area contributed by atoms with Gasteiger partial charge in [0, 0.05) is 11.1 Å². The minimum Gasteiger partial charge on any atom is -0.491 e. The monoisotopic (exact) mass is 291 g/mol. The topological polar surface area (TPSA) is 77.2 Å². The highest BCUT2D eigenvalue weighted by molar-refractivity contribution is 7.11. The molecule has 1 amide bonds. The molecule has 0 aliphatic carbocycles. The number of aromatic nitrogens is 1. The van der Waals surface area contributed by atoms with Crippen molar-refractivity contribution in [2.24, 2.45) is 0 Å². The van der Waals surface area contributed by atoms with Crippen LogP contribution in [0.5, 0.6) is 5.75 Å². The average molecular weight is 291 g/mol. The maximum atomic E-state index is 12.2. The molecule has 0 bridgehead atoms. The van der Waals surface area contributed by atoms with Crippen molar-refractivity contribution in [1.29, 1.82) is 0 Å². The molecule has 106 valence electrons. The zero-order chi connectivity index (χ0) is 14.5. The van der Waals surface area contributed by atoms with Crippen LogP contribution in [0.15, 0.2) is 24.4 Å². The number of hydrogen-bond acceptors (Lipinski definition) is 5. The summed E-state index contributed by atoms with van der Waals surface area (Å²) in [6.45, 7) is 4.70. The van der Waals surface area contributed by atoms with E-state index < -0.39 is 0 Å². The molecule has 3 N–H and O–H groups in total. The summed E-state index contributed by atoms with van der Waals surface area (Å²) < 4.78 is 5.45. The summed E-state index contributed by atoms with van der Waals surface area (Å²) in [5.41, 5.74) is 6.76. The average Bonchev–Trinajstić information content (AvgIpc) is 2.84. The molecule has 0 saturated carbocycles. The molecular weight excluding hydrogens is 274 g/mol. The molecule has 6 heteroatoms. The first-order valence-corrected chi connectivity index (χ1v) is 7.14. The summed E-state index contributed by atoms with van der Waals surface area (Å²) >= 11 is 1.56. The molecule has 0 saturated heterocycles. The molecule has 0 fully saturated rings. The lowest BCUT2D eigenvalue weighted by Gasteiger charge is -2.12. The van der Waals surface area contributed by atoms with Crippen molar-refractivity contribution < 1.29 is 9.53 Å². The molecule has 2 aromatic rings. The van der Waals surface area contributed by atoms with Gasteiger partial charge < -0.3 is 15.8 Å². The van der Waals surface area contributed by atoms with Gasteiger partial charge in [-0.3, -0.25) is 4.79 Å². The van der Waals surface area contributed by atoms with Gasteiger partial charge in [0.15, 0.2) is 5.75 Å². The van der Waals surface area contributed by atoms with Gasteiger partial charge in [-0.15, -0.1) is 11.3 Å². The van der Waals surface area contributed by atoms with Gasteiger partial charge in [0.1, 0.15) is 0 Å². The van der Waals surface area contributed by atoms with Gasteiger partial charge in [0.05, 0.1) is 29.4 Å². The van der Waals surface area contributed by atoms with Gasteiger partial charge in [-0.25, -0.2) is 4.98 Å². The van der Waals surface area contributed by atoms with E-state index in [-0.39, 0.29) is 5.91 Å². The van der Waals surface area contributed by atoms with Crippen LogP contribution in [-0.4, -0.2) is 17.5 Å². The molecule has 0 atom stereocenters. The second-order valence-electron chi connectivity index (χ2n) is 4.19. The first kappa shape index (κ1) is 14.3. The summed E-state index contributed by atoms with van der Waals surface area (Å²) in [5.74, 6) is 0.236. The Morgan fingerprint density at radius 2 is 2.30 bits per heavy atom. The first-order chi connectivity index (χ1) is 9.61. The Hall–Kier alpha value is -2.08. The van der Waals surface area contributed by atoms with E-state index in [1.54, 1.807) is 35.7 Å². The van der Waals surface area contributed by atoms with Crippen LogP contribution in [0, 0.1) is 6.92 Å². The predicted molar refractivity (Wildman–Crippen MR) is 80.0 cm³/mol. The van der Waals surface area contributed by atoms with E-state index in [2.05, 4.69) is 10.3 Å². The lowest BCUT2D eigenvalue weighted by atomic mass is 10.1. The number of carbonyl (C=O) groups excluding carboxylic acids is 1. The minimum absolute atomic E-state index is 0.202. The number of thiazole rings is 1. The predicted octanol–water partition coefficient (Wildman–Crippen LogP) is 2.36. The summed E-state index contributed by atoms with van der Waals surface area (Å²) in [7, 11) is 0. The quantitative estimate of drug-likeness (QED) is 0.829. The normalized spacial score (nSPS) is 10.3. The Balaban J connectivity index is 2.10. The minimum atomic E-state index is -0.202. The third-order valence-electron chi connectivity index (χ3n) is 2.67. The van der Waals surface area contributed by atoms with Gasteiger partial charge in [-0.2, -0.15) is 0 Å². The molecule has 5 nitrogen and oxygen atoms in total. The number of nitrogens with one attached hydrogen (secondary N) is 1. The molecule has 1 aromatic carbocycles. The number of para-hydroxylation sites is 1. The van der Waals surface area contributed by atoms with Crippen LogP contribution in [0.1, 0.15) is 27.2 Å². The fourth-order valence-corrected chi connectivity index (χ4v) is 2.52. The SMILES string of the molecule is CCOc1c(N)cccc1C(=O)NCc1cnc(C)s1. The Bertz CT molecular complexity index is 610. The van der Waals surface area contributed by atoms with E-state index in [0.717, 1.165) is 9.88 Å². The Morgan fingerprint density at radius 1 is 1.50 bits per heavy atom. The van der Waals surface area contributed by atoms with Crippen molar-refractivity contribution in [3.05, 3.63) is 39.8 Å². The maximum absolute atomic E-state index is 12.2.